The largest absolute Gasteiger partial charge is 0.507 e. The normalized spacial score (nSPS) is 14.8. The average Bonchev–Trinajstić information content (AvgIpc) is 3.39. The lowest BCUT2D eigenvalue weighted by Crippen LogP contribution is -2.29. The third-order valence-corrected chi connectivity index (χ3v) is 6.08. The summed E-state index contributed by atoms with van der Waals surface area (Å²) >= 11 is 6.06. The van der Waals surface area contributed by atoms with E-state index in [9.17, 15) is 9.90 Å². The molecule has 1 unspecified atom stereocenters. The molecule has 7 heteroatoms. The molecule has 4 aromatic rings. The molecule has 2 heterocycles. The van der Waals surface area contributed by atoms with E-state index in [0.29, 0.717) is 40.9 Å². The highest BCUT2D eigenvalue weighted by Crippen LogP contribution is 2.45. The van der Waals surface area contributed by atoms with Crippen LogP contribution in [0, 0.1) is 0 Å². The molecule has 6 nitrogen and oxygen atoms in total. The Labute approximate surface area is 202 Å². The van der Waals surface area contributed by atoms with Crippen LogP contribution in [0.1, 0.15) is 33.2 Å². The molecule has 2 N–H and O–H groups in total. The second-order valence-electron chi connectivity index (χ2n) is 8.01. The van der Waals surface area contributed by atoms with Gasteiger partial charge < -0.3 is 14.7 Å². The van der Waals surface area contributed by atoms with Crippen LogP contribution in [0.4, 0.5) is 0 Å². The van der Waals surface area contributed by atoms with Gasteiger partial charge >= 0.3 is 0 Å². The van der Waals surface area contributed by atoms with Crippen LogP contribution in [0.25, 0.3) is 11.3 Å². The van der Waals surface area contributed by atoms with Gasteiger partial charge in [-0.2, -0.15) is 5.10 Å². The molecule has 1 atom stereocenters. The van der Waals surface area contributed by atoms with Gasteiger partial charge in [0.1, 0.15) is 29.5 Å². The summed E-state index contributed by atoms with van der Waals surface area (Å²) < 4.78 is 5.75. The number of halogens is 1. The van der Waals surface area contributed by atoms with Crippen LogP contribution in [0.5, 0.6) is 11.5 Å². The number of ether oxygens (including phenoxy) is 1. The van der Waals surface area contributed by atoms with Crippen molar-refractivity contribution in [3.8, 4) is 22.8 Å². The van der Waals surface area contributed by atoms with Gasteiger partial charge in [0.25, 0.3) is 5.91 Å². The quantitative estimate of drug-likeness (QED) is 0.336. The number of rotatable bonds is 7. The number of nitrogens with zero attached hydrogens (tertiary/aromatic N) is 2. The Hall–Kier alpha value is -4.03. The SMILES string of the molecule is C=CCOc1cccc(C2c3c(-c4ccccc4O)n[nH]c3C(=O)N2Cc2ccc(Cl)cc2)c1. The smallest absolute Gasteiger partial charge is 0.273 e. The van der Waals surface area contributed by atoms with E-state index in [1.165, 1.54) is 0 Å². The first-order valence-corrected chi connectivity index (χ1v) is 11.2. The summed E-state index contributed by atoms with van der Waals surface area (Å²) in [4.78, 5) is 15.4. The first-order chi connectivity index (χ1) is 16.6. The maximum atomic E-state index is 13.6. The van der Waals surface area contributed by atoms with Gasteiger partial charge in [-0.15, -0.1) is 0 Å². The molecule has 0 aliphatic carbocycles. The summed E-state index contributed by atoms with van der Waals surface area (Å²) in [7, 11) is 0. The van der Waals surface area contributed by atoms with Gasteiger partial charge in [0.2, 0.25) is 0 Å². The number of nitrogens with one attached hydrogen (secondary N) is 1. The fourth-order valence-corrected chi connectivity index (χ4v) is 4.43. The number of fused-ring (bicyclic) bond motifs is 1. The topological polar surface area (TPSA) is 78.5 Å². The fraction of sp³-hybridized carbons (Fsp3) is 0.111. The number of aromatic hydroxyl groups is 1. The Balaban J connectivity index is 1.64. The molecule has 0 fully saturated rings. The van der Waals surface area contributed by atoms with Gasteiger partial charge in [-0.05, 0) is 47.5 Å². The number of hydrogen-bond acceptors (Lipinski definition) is 4. The van der Waals surface area contributed by atoms with Gasteiger partial charge in [-0.1, -0.05) is 60.7 Å². The second-order valence-corrected chi connectivity index (χ2v) is 8.45. The predicted octanol–water partition coefficient (Wildman–Crippen LogP) is 5.75. The zero-order valence-electron chi connectivity index (χ0n) is 18.2. The van der Waals surface area contributed by atoms with E-state index in [1.54, 1.807) is 29.2 Å². The minimum Gasteiger partial charge on any atom is -0.507 e. The van der Waals surface area contributed by atoms with Crippen LogP contribution >= 0.6 is 11.6 Å². The van der Waals surface area contributed by atoms with Crippen molar-refractivity contribution in [2.75, 3.05) is 6.61 Å². The Bertz CT molecular complexity index is 1360. The number of amides is 1. The molecule has 1 aliphatic heterocycles. The molecule has 0 bridgehead atoms. The van der Waals surface area contributed by atoms with Gasteiger partial charge in [0.05, 0.1) is 6.04 Å². The number of para-hydroxylation sites is 1. The third kappa shape index (κ3) is 3.93. The lowest BCUT2D eigenvalue weighted by molar-refractivity contribution is 0.0730. The molecule has 0 radical (unpaired) electrons. The zero-order chi connectivity index (χ0) is 23.7. The maximum Gasteiger partial charge on any atom is 0.273 e. The average molecular weight is 472 g/mol. The number of hydrogen-bond donors (Lipinski definition) is 2. The zero-order valence-corrected chi connectivity index (χ0v) is 19.0. The molecule has 34 heavy (non-hydrogen) atoms. The van der Waals surface area contributed by atoms with Gasteiger partial charge in [-0.3, -0.25) is 9.89 Å². The summed E-state index contributed by atoms with van der Waals surface area (Å²) in [6.45, 7) is 4.46. The Morgan fingerprint density at radius 3 is 2.68 bits per heavy atom. The molecule has 1 aromatic heterocycles. The minimum atomic E-state index is -0.432. The molecular weight excluding hydrogens is 450 g/mol. The number of H-pyrrole nitrogens is 1. The van der Waals surface area contributed by atoms with Crippen molar-refractivity contribution < 1.29 is 14.6 Å². The summed E-state index contributed by atoms with van der Waals surface area (Å²) in [5, 5.41) is 18.5. The molecule has 0 saturated carbocycles. The molecule has 170 valence electrons. The molecular formula is C27H22ClN3O3. The van der Waals surface area contributed by atoms with Crippen molar-refractivity contribution >= 4 is 17.5 Å². The Morgan fingerprint density at radius 2 is 1.91 bits per heavy atom. The van der Waals surface area contributed by atoms with Crippen LogP contribution in [-0.2, 0) is 6.54 Å². The van der Waals surface area contributed by atoms with Gasteiger partial charge in [0.15, 0.2) is 0 Å². The lowest BCUT2D eigenvalue weighted by atomic mass is 9.95. The lowest BCUT2D eigenvalue weighted by Gasteiger charge is -2.27. The predicted molar refractivity (Wildman–Crippen MR) is 131 cm³/mol. The van der Waals surface area contributed by atoms with Crippen molar-refractivity contribution in [3.05, 3.63) is 113 Å². The van der Waals surface area contributed by atoms with Crippen molar-refractivity contribution in [2.45, 2.75) is 12.6 Å². The fourth-order valence-electron chi connectivity index (χ4n) is 4.30. The van der Waals surface area contributed by atoms with E-state index in [0.717, 1.165) is 16.7 Å². The standard InChI is InChI=1S/C27H22ClN3O3/c1-2-14-34-20-7-5-6-18(15-20)26-23-24(21-8-3-4-9-22(21)32)29-30-25(23)27(33)31(26)16-17-10-12-19(28)13-11-17/h2-13,15,26,32H,1,14,16H2,(H,29,30). The number of aromatic nitrogens is 2. The van der Waals surface area contributed by atoms with E-state index < -0.39 is 6.04 Å². The Kier molecular flexibility index (Phi) is 5.82. The minimum absolute atomic E-state index is 0.0993. The second kappa shape index (κ2) is 9.08. The summed E-state index contributed by atoms with van der Waals surface area (Å²) in [6, 6.07) is 21.6. The van der Waals surface area contributed by atoms with E-state index in [-0.39, 0.29) is 11.7 Å². The number of aromatic amines is 1. The third-order valence-electron chi connectivity index (χ3n) is 5.83. The first-order valence-electron chi connectivity index (χ1n) is 10.8. The molecule has 5 rings (SSSR count). The highest BCUT2D eigenvalue weighted by atomic mass is 35.5. The van der Waals surface area contributed by atoms with E-state index >= 15 is 0 Å². The molecule has 1 amide bonds. The van der Waals surface area contributed by atoms with Crippen molar-refractivity contribution in [3.63, 3.8) is 0 Å². The monoisotopic (exact) mass is 471 g/mol. The van der Waals surface area contributed by atoms with E-state index in [4.69, 9.17) is 16.3 Å². The van der Waals surface area contributed by atoms with Crippen LogP contribution in [0.3, 0.4) is 0 Å². The number of phenolic OH excluding ortho intramolecular Hbond substituents is 1. The van der Waals surface area contributed by atoms with Gasteiger partial charge in [0, 0.05) is 22.7 Å². The first kappa shape index (κ1) is 21.8. The maximum absolute atomic E-state index is 13.6. The number of phenols is 1. The van der Waals surface area contributed by atoms with E-state index in [2.05, 4.69) is 16.8 Å². The van der Waals surface area contributed by atoms with Crippen LogP contribution in [0.15, 0.2) is 85.5 Å². The number of carbonyl (C=O) groups excluding carboxylic acids is 1. The Morgan fingerprint density at radius 1 is 1.12 bits per heavy atom. The van der Waals surface area contributed by atoms with Crippen molar-refractivity contribution in [1.82, 2.24) is 15.1 Å². The van der Waals surface area contributed by atoms with Crippen molar-refractivity contribution in [2.24, 2.45) is 0 Å². The van der Waals surface area contributed by atoms with Gasteiger partial charge in [-0.25, -0.2) is 0 Å². The van der Waals surface area contributed by atoms with Crippen LogP contribution in [0.2, 0.25) is 5.02 Å². The van der Waals surface area contributed by atoms with E-state index in [1.807, 2.05) is 54.6 Å². The molecule has 3 aromatic carbocycles. The number of carbonyl (C=O) groups is 1. The summed E-state index contributed by atoms with van der Waals surface area (Å²) in [5.41, 5.74) is 4.06. The number of benzene rings is 3. The molecule has 1 aliphatic rings. The highest BCUT2D eigenvalue weighted by molar-refractivity contribution is 6.30. The summed E-state index contributed by atoms with van der Waals surface area (Å²) in [5.74, 6) is 0.612. The highest BCUT2D eigenvalue weighted by Gasteiger charge is 2.42. The van der Waals surface area contributed by atoms with Crippen molar-refractivity contribution in [1.29, 1.82) is 0 Å². The van der Waals surface area contributed by atoms with Crippen LogP contribution in [-0.4, -0.2) is 32.7 Å². The van der Waals surface area contributed by atoms with Crippen LogP contribution < -0.4 is 4.74 Å². The molecule has 0 saturated heterocycles. The molecule has 0 spiro atoms. The summed E-state index contributed by atoms with van der Waals surface area (Å²) in [6.07, 6.45) is 1.68.